The highest BCUT2D eigenvalue weighted by atomic mass is 19.3. The third-order valence-electron chi connectivity index (χ3n) is 1.50. The molecule has 1 nitrogen and oxygen atoms in total. The van der Waals surface area contributed by atoms with Crippen LogP contribution in [0.5, 0.6) is 5.75 Å². The van der Waals surface area contributed by atoms with Crippen LogP contribution in [-0.4, -0.2) is 6.61 Å². The summed E-state index contributed by atoms with van der Waals surface area (Å²) in [5.41, 5.74) is -0.264. The number of rotatable bonds is 2. The van der Waals surface area contributed by atoms with E-state index in [-0.39, 0.29) is 5.56 Å². The van der Waals surface area contributed by atoms with E-state index in [1.54, 1.807) is 0 Å². The molecule has 0 fully saturated rings. The van der Waals surface area contributed by atoms with Crippen molar-refractivity contribution in [3.05, 3.63) is 29.3 Å². The lowest BCUT2D eigenvalue weighted by molar-refractivity contribution is -0.0528. The molecule has 0 spiro atoms. The van der Waals surface area contributed by atoms with E-state index in [1.807, 2.05) is 0 Å². The summed E-state index contributed by atoms with van der Waals surface area (Å²) in [5, 5.41) is 0. The Labute approximate surface area is 71.9 Å². The second kappa shape index (κ2) is 3.64. The number of hydrogen-bond acceptors (Lipinski definition) is 1. The summed E-state index contributed by atoms with van der Waals surface area (Å²) in [5.74, 6) is -2.52. The second-order valence-electron chi connectivity index (χ2n) is 2.36. The maximum atomic E-state index is 12.8. The molecule has 0 unspecified atom stereocenters. The Morgan fingerprint density at radius 2 is 1.69 bits per heavy atom. The summed E-state index contributed by atoms with van der Waals surface area (Å²) < 4.78 is 52.7. The molecule has 0 aliphatic carbocycles. The average Bonchev–Trinajstić information content (AvgIpc) is 2.05. The van der Waals surface area contributed by atoms with Crippen LogP contribution in [0.2, 0.25) is 0 Å². The van der Waals surface area contributed by atoms with Crippen molar-refractivity contribution < 1.29 is 22.3 Å². The molecule has 0 aromatic heterocycles. The first-order chi connectivity index (χ1) is 6.02. The Morgan fingerprint density at radius 1 is 1.15 bits per heavy atom. The fourth-order valence-electron chi connectivity index (χ4n) is 0.868. The van der Waals surface area contributed by atoms with Crippen molar-refractivity contribution in [1.29, 1.82) is 0 Å². The van der Waals surface area contributed by atoms with E-state index in [0.717, 1.165) is 19.1 Å². The van der Waals surface area contributed by atoms with Crippen molar-refractivity contribution in [2.75, 3.05) is 0 Å². The first kappa shape index (κ1) is 9.83. The van der Waals surface area contributed by atoms with E-state index < -0.39 is 24.0 Å². The molecule has 5 heteroatoms. The zero-order chi connectivity index (χ0) is 10.0. The van der Waals surface area contributed by atoms with Gasteiger partial charge < -0.3 is 4.74 Å². The predicted molar refractivity (Wildman–Crippen MR) is 37.7 cm³/mol. The first-order valence-corrected chi connectivity index (χ1v) is 3.41. The zero-order valence-electron chi connectivity index (χ0n) is 6.65. The number of hydrogen-bond donors (Lipinski definition) is 0. The van der Waals surface area contributed by atoms with Gasteiger partial charge in [0.2, 0.25) is 0 Å². The SMILES string of the molecule is Cc1c(F)ccc(F)c1OC(F)F. The van der Waals surface area contributed by atoms with Gasteiger partial charge >= 0.3 is 6.61 Å². The van der Waals surface area contributed by atoms with Gasteiger partial charge in [-0.15, -0.1) is 0 Å². The molecule has 0 bridgehead atoms. The van der Waals surface area contributed by atoms with Crippen LogP contribution in [0.1, 0.15) is 5.56 Å². The smallest absolute Gasteiger partial charge is 0.387 e. The maximum absolute atomic E-state index is 12.8. The summed E-state index contributed by atoms with van der Waals surface area (Å²) in [6.07, 6.45) is 0. The standard InChI is InChI=1S/C8H6F4O/c1-4-5(9)2-3-6(10)7(4)13-8(11)12/h2-3,8H,1H3. The molecule has 0 heterocycles. The molecule has 0 amide bonds. The molecule has 0 radical (unpaired) electrons. The third kappa shape index (κ3) is 2.11. The average molecular weight is 194 g/mol. The summed E-state index contributed by atoms with van der Waals surface area (Å²) in [6, 6.07) is 1.59. The highest BCUT2D eigenvalue weighted by Crippen LogP contribution is 2.25. The topological polar surface area (TPSA) is 9.23 Å². The molecule has 0 aliphatic rings. The fourth-order valence-corrected chi connectivity index (χ4v) is 0.868. The lowest BCUT2D eigenvalue weighted by atomic mass is 10.2. The summed E-state index contributed by atoms with van der Waals surface area (Å²) in [6.45, 7) is -1.99. The van der Waals surface area contributed by atoms with Crippen molar-refractivity contribution in [2.45, 2.75) is 13.5 Å². The molecule has 1 aromatic rings. The molecular formula is C8H6F4O. The van der Waals surface area contributed by atoms with E-state index in [0.29, 0.717) is 0 Å². The van der Waals surface area contributed by atoms with Crippen molar-refractivity contribution >= 4 is 0 Å². The molecule has 0 saturated carbocycles. The van der Waals surface area contributed by atoms with E-state index in [1.165, 1.54) is 0 Å². The molecular weight excluding hydrogens is 188 g/mol. The van der Waals surface area contributed by atoms with Gasteiger partial charge in [-0.05, 0) is 19.1 Å². The van der Waals surface area contributed by atoms with Crippen molar-refractivity contribution in [3.8, 4) is 5.75 Å². The van der Waals surface area contributed by atoms with E-state index in [4.69, 9.17) is 0 Å². The van der Waals surface area contributed by atoms with Gasteiger partial charge in [0.15, 0.2) is 11.6 Å². The van der Waals surface area contributed by atoms with Gasteiger partial charge in [0.25, 0.3) is 0 Å². The Hall–Kier alpha value is -1.26. The van der Waals surface area contributed by atoms with Crippen LogP contribution < -0.4 is 4.74 Å². The highest BCUT2D eigenvalue weighted by Gasteiger charge is 2.15. The van der Waals surface area contributed by atoms with Crippen LogP contribution in [0.15, 0.2) is 12.1 Å². The third-order valence-corrected chi connectivity index (χ3v) is 1.50. The van der Waals surface area contributed by atoms with Crippen molar-refractivity contribution in [2.24, 2.45) is 0 Å². The zero-order valence-corrected chi connectivity index (χ0v) is 6.65. The van der Waals surface area contributed by atoms with Crippen LogP contribution in [-0.2, 0) is 0 Å². The molecule has 0 atom stereocenters. The van der Waals surface area contributed by atoms with Gasteiger partial charge in [0.05, 0.1) is 0 Å². The summed E-state index contributed by atoms with van der Waals surface area (Å²) >= 11 is 0. The molecule has 0 saturated heterocycles. The molecule has 13 heavy (non-hydrogen) atoms. The first-order valence-electron chi connectivity index (χ1n) is 3.41. The fraction of sp³-hybridized carbons (Fsp3) is 0.250. The van der Waals surface area contributed by atoms with Gasteiger partial charge in [-0.3, -0.25) is 0 Å². The normalized spacial score (nSPS) is 10.6. The molecule has 72 valence electrons. The lowest BCUT2D eigenvalue weighted by Crippen LogP contribution is -2.06. The lowest BCUT2D eigenvalue weighted by Gasteiger charge is -2.08. The van der Waals surface area contributed by atoms with E-state index >= 15 is 0 Å². The Morgan fingerprint density at radius 3 is 2.23 bits per heavy atom. The van der Waals surface area contributed by atoms with Crippen molar-refractivity contribution in [1.82, 2.24) is 0 Å². The number of benzene rings is 1. The second-order valence-corrected chi connectivity index (χ2v) is 2.36. The monoisotopic (exact) mass is 194 g/mol. The van der Waals surface area contributed by atoms with Gasteiger partial charge in [0, 0.05) is 5.56 Å². The van der Waals surface area contributed by atoms with Gasteiger partial charge in [-0.2, -0.15) is 8.78 Å². The predicted octanol–water partition coefficient (Wildman–Crippen LogP) is 2.87. The number of ether oxygens (including phenoxy) is 1. The Balaban J connectivity index is 3.10. The van der Waals surface area contributed by atoms with Gasteiger partial charge in [-0.1, -0.05) is 0 Å². The summed E-state index contributed by atoms with van der Waals surface area (Å²) in [4.78, 5) is 0. The number of alkyl halides is 2. The Kier molecular flexibility index (Phi) is 2.75. The molecule has 0 N–H and O–H groups in total. The van der Waals surface area contributed by atoms with Crippen LogP contribution in [0.25, 0.3) is 0 Å². The minimum Gasteiger partial charge on any atom is -0.431 e. The minimum absolute atomic E-state index is 0.264. The highest BCUT2D eigenvalue weighted by molar-refractivity contribution is 5.34. The van der Waals surface area contributed by atoms with Crippen LogP contribution in [0, 0.1) is 18.6 Å². The van der Waals surface area contributed by atoms with E-state index in [2.05, 4.69) is 4.74 Å². The maximum Gasteiger partial charge on any atom is 0.387 e. The van der Waals surface area contributed by atoms with Crippen LogP contribution in [0.3, 0.4) is 0 Å². The van der Waals surface area contributed by atoms with E-state index in [9.17, 15) is 17.6 Å². The van der Waals surface area contributed by atoms with Gasteiger partial charge in [-0.25, -0.2) is 8.78 Å². The van der Waals surface area contributed by atoms with Crippen LogP contribution in [0.4, 0.5) is 17.6 Å². The molecule has 1 rings (SSSR count). The minimum atomic E-state index is -3.16. The van der Waals surface area contributed by atoms with Gasteiger partial charge in [0.1, 0.15) is 5.82 Å². The number of halogens is 4. The van der Waals surface area contributed by atoms with Crippen molar-refractivity contribution in [3.63, 3.8) is 0 Å². The quantitative estimate of drug-likeness (QED) is 0.657. The molecule has 0 aliphatic heterocycles. The molecule has 1 aromatic carbocycles. The van der Waals surface area contributed by atoms with Crippen LogP contribution >= 0.6 is 0 Å². The Bertz CT molecular complexity index is 311. The largest absolute Gasteiger partial charge is 0.431 e. The summed E-state index contributed by atoms with van der Waals surface area (Å²) in [7, 11) is 0.